The highest BCUT2D eigenvalue weighted by Gasteiger charge is 2.16. The number of H-pyrrole nitrogens is 4. The number of anilines is 4. The third-order valence-corrected chi connectivity index (χ3v) is 12.2. The zero-order chi connectivity index (χ0) is 54.0. The lowest BCUT2D eigenvalue weighted by Gasteiger charge is -2.07. The van der Waals surface area contributed by atoms with Gasteiger partial charge in [0.2, 0.25) is 21.1 Å². The van der Waals surface area contributed by atoms with Crippen molar-refractivity contribution in [2.45, 2.75) is 33.1 Å². The van der Waals surface area contributed by atoms with Gasteiger partial charge in [0.05, 0.1) is 46.5 Å². The fourth-order valence-corrected chi connectivity index (χ4v) is 8.49. The molecule has 11 heterocycles. The molecule has 0 saturated heterocycles. The Morgan fingerprint density at radius 2 is 1.09 bits per heavy atom. The Bertz CT molecular complexity index is 3930. The van der Waals surface area contributed by atoms with Gasteiger partial charge in [-0.15, -0.1) is 11.3 Å². The number of carbonyl (C=O) groups is 1. The molecule has 0 unspecified atom stereocenters. The van der Waals surface area contributed by atoms with Gasteiger partial charge in [0.25, 0.3) is 0 Å². The second-order valence-electron chi connectivity index (χ2n) is 15.9. The van der Waals surface area contributed by atoms with Crippen molar-refractivity contribution in [1.82, 2.24) is 69.8 Å². The van der Waals surface area contributed by atoms with E-state index in [1.165, 1.54) is 42.1 Å². The molecule has 9 N–H and O–H groups in total. The molecule has 29 heteroatoms. The summed E-state index contributed by atoms with van der Waals surface area (Å²) in [7, 11) is 0. The number of carboxylic acids is 1. The number of furan rings is 1. The molecule has 0 radical (unpaired) electrons. The lowest BCUT2D eigenvalue weighted by molar-refractivity contribution is 0.0696. The molecule has 0 aliphatic rings. The van der Waals surface area contributed by atoms with Gasteiger partial charge >= 0.3 is 5.97 Å². The van der Waals surface area contributed by atoms with Gasteiger partial charge < -0.3 is 50.7 Å². The monoisotopic (exact) mass is 1140 g/mol. The number of rotatable bonds is 13. The number of aryl methyl sites for hydroxylation is 1. The largest absolute Gasteiger partial charge is 0.478 e. The average molecular weight is 1140 g/mol. The summed E-state index contributed by atoms with van der Waals surface area (Å²) in [6.45, 7) is 3.82. The number of fused-ring (bicyclic) bond motifs is 4. The van der Waals surface area contributed by atoms with Crippen LogP contribution in [-0.2, 0) is 26.2 Å². The molecular weight excluding hydrogens is 1110 g/mol. The molecule has 12 rings (SSSR count). The number of nitrogens with zero attached hydrogens (tertiary/aromatic N) is 10. The third kappa shape index (κ3) is 13.4. The molecule has 12 aromatic rings. The van der Waals surface area contributed by atoms with Crippen LogP contribution in [0.1, 0.15) is 37.9 Å². The number of carboxylic acid groups (broad SMARTS) is 1. The zero-order valence-corrected chi connectivity index (χ0v) is 43.3. The molecule has 392 valence electrons. The molecule has 0 fully saturated rings. The van der Waals surface area contributed by atoms with Crippen LogP contribution in [0.2, 0.25) is 21.1 Å². The normalized spacial score (nSPS) is 10.9. The van der Waals surface area contributed by atoms with Crippen molar-refractivity contribution in [3.63, 3.8) is 0 Å². The number of hydrogen-bond acceptors (Lipinski definition) is 17. The zero-order valence-electron chi connectivity index (χ0n) is 39.4. The van der Waals surface area contributed by atoms with Gasteiger partial charge in [-0.1, -0.05) is 12.1 Å². The predicted octanol–water partition coefficient (Wildman–Crippen LogP) is 11.8. The van der Waals surface area contributed by atoms with E-state index in [0.717, 1.165) is 38.6 Å². The van der Waals surface area contributed by atoms with Crippen LogP contribution in [0, 0.1) is 24.4 Å². The molecule has 77 heavy (non-hydrogen) atoms. The second-order valence-corrected chi connectivity index (χ2v) is 18.3. The van der Waals surface area contributed by atoms with Crippen molar-refractivity contribution in [3.8, 4) is 0 Å². The molecule has 0 aliphatic heterocycles. The van der Waals surface area contributed by atoms with E-state index in [2.05, 4.69) is 91.0 Å². The predicted molar refractivity (Wildman–Crippen MR) is 288 cm³/mol. The SMILES string of the molecule is Cc1cc2c(NCc3ccco3)nc(Cl)nc2[nH]1.Fc1c[nH]c2nc(Cl)nc(NCc3ccncc3)c12.Fc1c[nH]c2nc(Cl)nc(NCc3nccs3)c12.O=C(O)c1ccc(CNc2nc(Cl)nc3[nH]cc(F)c23)cc1. The number of aromatic carboxylic acids is 1. The second kappa shape index (κ2) is 24.4. The number of pyridine rings is 1. The Labute approximate surface area is 455 Å². The van der Waals surface area contributed by atoms with Crippen molar-refractivity contribution in [2.24, 2.45) is 0 Å². The van der Waals surface area contributed by atoms with Crippen LogP contribution in [0.5, 0.6) is 0 Å². The van der Waals surface area contributed by atoms with E-state index in [4.69, 9.17) is 55.9 Å². The van der Waals surface area contributed by atoms with E-state index >= 15 is 0 Å². The number of aromatic nitrogens is 14. The molecule has 0 spiro atoms. The highest BCUT2D eigenvalue weighted by Crippen LogP contribution is 2.28. The minimum Gasteiger partial charge on any atom is -0.478 e. The summed E-state index contributed by atoms with van der Waals surface area (Å²) in [6.07, 6.45) is 10.4. The Morgan fingerprint density at radius 1 is 0.610 bits per heavy atom. The van der Waals surface area contributed by atoms with Crippen LogP contribution >= 0.6 is 57.7 Å². The van der Waals surface area contributed by atoms with Gasteiger partial charge in [0.15, 0.2) is 17.5 Å². The van der Waals surface area contributed by atoms with Crippen LogP contribution in [0.4, 0.5) is 36.4 Å². The summed E-state index contributed by atoms with van der Waals surface area (Å²) < 4.78 is 46.3. The standard InChI is InChI=1S/C14H10ClFN4O2.C12H9ClFN5.C12H11ClN4O.C10H7ClFN5S/c15-14-19-11(10-9(16)6-18-12(10)20-14)17-5-7-1-3-8(4-2-7)13(21)22;13-12-18-10(9-8(14)6-17-11(9)19-12)16-5-7-1-3-15-4-2-7;1-7-5-9-10(14-6-8-3-2-4-18-8)16-12(13)17-11(9)15-7;11-10-16-8-7(5(12)3-14-8)9(17-10)15-4-6-13-1-2-18-6/h1-4,6H,5H2,(H,21,22)(H2,17,18,19,20);1-4,6H,5H2,(H2,16,17,18,19);2-5H,6H2,1H3,(H2,14,15,16,17);1-3H,4H2,(H2,14,15,16,17). The van der Waals surface area contributed by atoms with Crippen LogP contribution in [0.25, 0.3) is 44.1 Å². The molecule has 0 aliphatic carbocycles. The Morgan fingerprint density at radius 3 is 1.57 bits per heavy atom. The summed E-state index contributed by atoms with van der Waals surface area (Å²) in [4.78, 5) is 62.1. The van der Waals surface area contributed by atoms with Gasteiger partial charge in [-0.3, -0.25) is 4.98 Å². The van der Waals surface area contributed by atoms with E-state index in [1.54, 1.807) is 37.0 Å². The molecule has 0 amide bonds. The van der Waals surface area contributed by atoms with Gasteiger partial charge in [-0.05, 0) is 107 Å². The summed E-state index contributed by atoms with van der Waals surface area (Å²) in [5, 5.41) is 25.9. The van der Waals surface area contributed by atoms with Gasteiger partial charge in [0, 0.05) is 61.3 Å². The summed E-state index contributed by atoms with van der Waals surface area (Å²) >= 11 is 24.8. The summed E-state index contributed by atoms with van der Waals surface area (Å²) in [5.74, 6) is 0.247. The number of halogens is 7. The molecule has 0 atom stereocenters. The van der Waals surface area contributed by atoms with Crippen molar-refractivity contribution >= 4 is 131 Å². The molecule has 1 aromatic carbocycles. The van der Waals surface area contributed by atoms with Gasteiger partial charge in [-0.25, -0.2) is 27.9 Å². The van der Waals surface area contributed by atoms with Crippen LogP contribution in [-0.4, -0.2) is 80.9 Å². The Balaban J connectivity index is 0.000000125. The highest BCUT2D eigenvalue weighted by atomic mass is 35.5. The number of hydrogen-bond donors (Lipinski definition) is 9. The third-order valence-electron chi connectivity index (χ3n) is 10.7. The van der Waals surface area contributed by atoms with E-state index in [1.807, 2.05) is 42.6 Å². The van der Waals surface area contributed by atoms with Crippen molar-refractivity contribution in [1.29, 1.82) is 0 Å². The maximum Gasteiger partial charge on any atom is 0.335 e. The van der Waals surface area contributed by atoms with Crippen molar-refractivity contribution in [2.75, 3.05) is 21.3 Å². The maximum atomic E-state index is 13.7. The topological polar surface area (TPSA) is 291 Å². The average Bonchev–Trinajstić information content (AvgIpc) is 4.31. The lowest BCUT2D eigenvalue weighted by Crippen LogP contribution is -2.04. The number of nitrogens with one attached hydrogen (secondary N) is 8. The van der Waals surface area contributed by atoms with E-state index < -0.39 is 23.4 Å². The molecule has 0 saturated carbocycles. The molecule has 0 bridgehead atoms. The van der Waals surface area contributed by atoms with Crippen molar-refractivity contribution < 1.29 is 27.5 Å². The first-order valence-electron chi connectivity index (χ1n) is 22.4. The van der Waals surface area contributed by atoms with Crippen molar-refractivity contribution in [3.05, 3.63) is 175 Å². The minimum absolute atomic E-state index is 0.00178. The quantitative estimate of drug-likeness (QED) is 0.0485. The summed E-state index contributed by atoms with van der Waals surface area (Å²) in [5.41, 5.74) is 4.83. The van der Waals surface area contributed by atoms with E-state index in [9.17, 15) is 18.0 Å². The van der Waals surface area contributed by atoms with Crippen LogP contribution in [0.15, 0.2) is 108 Å². The maximum absolute atomic E-state index is 13.7. The first kappa shape index (κ1) is 53.2. The number of benzene rings is 1. The fourth-order valence-electron chi connectivity index (χ4n) is 7.26. The summed E-state index contributed by atoms with van der Waals surface area (Å²) in [6, 6.07) is 15.8. The molecule has 11 aromatic heterocycles. The molecular formula is C48H37Cl4F3N18O3S. The number of aromatic amines is 4. The first-order valence-corrected chi connectivity index (χ1v) is 24.8. The lowest BCUT2D eigenvalue weighted by atomic mass is 10.1. The van der Waals surface area contributed by atoms with Crippen LogP contribution < -0.4 is 21.3 Å². The Hall–Kier alpha value is -8.62. The van der Waals surface area contributed by atoms with E-state index in [-0.39, 0.29) is 37.9 Å². The minimum atomic E-state index is -0.988. The van der Waals surface area contributed by atoms with Crippen LogP contribution in [0.3, 0.4) is 0 Å². The Kier molecular flexibility index (Phi) is 16.8. The highest BCUT2D eigenvalue weighted by molar-refractivity contribution is 7.09. The van der Waals surface area contributed by atoms with Gasteiger partial charge in [0.1, 0.15) is 56.6 Å². The smallest absolute Gasteiger partial charge is 0.335 e. The first-order chi connectivity index (χ1) is 37.2. The molecule has 21 nitrogen and oxygen atoms in total. The van der Waals surface area contributed by atoms with E-state index in [0.29, 0.717) is 71.3 Å². The fraction of sp³-hybridized carbons (Fsp3) is 0.104. The number of thiazole rings is 1. The van der Waals surface area contributed by atoms with Gasteiger partial charge in [-0.2, -0.15) is 34.9 Å².